The zero-order valence-electron chi connectivity index (χ0n) is 31.0. The molecule has 15 heteroatoms. The number of nitrogens with one attached hydrogen (secondary N) is 1. The molecule has 58 heavy (non-hydrogen) atoms. The average Bonchev–Trinajstić information content (AvgIpc) is 3.86. The number of anilines is 2. The van der Waals surface area contributed by atoms with Gasteiger partial charge in [0.15, 0.2) is 10.8 Å². The van der Waals surface area contributed by atoms with Crippen LogP contribution in [0.4, 0.5) is 10.8 Å². The standard InChI is InChI=1S/C43H36N6O7S2/c1-55-32-19-17-31(18-20-32)48-22-21-26(38(48)51)23-27-24-57-40-35(39(52)49(40)36(27)41(53)54)46-37(50)34(33-25-58-42(44)45-33)47-56-43(28-11-5-2-6-12-28,29-13-7-3-8-14-29)30-15-9-4-10-16-30/h2-20,23,25,35,40H,21-22,24H2,1H3,(H2,44,45)(H,46,50)(H,53,54). The van der Waals surface area contributed by atoms with Crippen LogP contribution in [-0.2, 0) is 29.6 Å². The predicted molar refractivity (Wildman–Crippen MR) is 221 cm³/mol. The van der Waals surface area contributed by atoms with E-state index in [1.54, 1.807) is 47.7 Å². The van der Waals surface area contributed by atoms with E-state index in [1.807, 2.05) is 91.0 Å². The highest BCUT2D eigenvalue weighted by Gasteiger charge is 2.54. The van der Waals surface area contributed by atoms with E-state index < -0.39 is 34.8 Å². The van der Waals surface area contributed by atoms with Crippen molar-refractivity contribution >= 4 is 63.3 Å². The van der Waals surface area contributed by atoms with Gasteiger partial charge in [-0.15, -0.1) is 23.1 Å². The Morgan fingerprint density at radius 2 is 1.53 bits per heavy atom. The van der Waals surface area contributed by atoms with E-state index >= 15 is 0 Å². The molecule has 2 unspecified atom stereocenters. The third-order valence-corrected chi connectivity index (χ3v) is 12.1. The van der Waals surface area contributed by atoms with Crippen molar-refractivity contribution in [3.8, 4) is 5.75 Å². The minimum absolute atomic E-state index is 0.132. The van der Waals surface area contributed by atoms with Crippen LogP contribution in [0, 0.1) is 0 Å². The number of carboxylic acids is 1. The van der Waals surface area contributed by atoms with Crippen LogP contribution in [-0.4, -0.2) is 75.2 Å². The van der Waals surface area contributed by atoms with Gasteiger partial charge in [-0.05, 0) is 42.3 Å². The lowest BCUT2D eigenvalue weighted by atomic mass is 9.80. The summed E-state index contributed by atoms with van der Waals surface area (Å²) in [5.74, 6) is -2.12. The Balaban J connectivity index is 1.08. The molecular weight excluding hydrogens is 777 g/mol. The molecule has 3 aliphatic heterocycles. The normalized spacial score (nSPS) is 18.8. The van der Waals surface area contributed by atoms with Crippen LogP contribution in [0.3, 0.4) is 0 Å². The first-order valence-electron chi connectivity index (χ1n) is 18.2. The number of hydrogen-bond donors (Lipinski definition) is 3. The molecule has 2 saturated heterocycles. The zero-order chi connectivity index (χ0) is 40.4. The van der Waals surface area contributed by atoms with E-state index in [4.69, 9.17) is 15.3 Å². The van der Waals surface area contributed by atoms with Crippen molar-refractivity contribution in [2.75, 3.05) is 30.0 Å². The van der Waals surface area contributed by atoms with E-state index in [0.29, 0.717) is 35.5 Å². The first-order chi connectivity index (χ1) is 28.2. The molecule has 0 spiro atoms. The summed E-state index contributed by atoms with van der Waals surface area (Å²) in [5.41, 5.74) is 8.04. The molecular formula is C43H36N6O7S2. The number of methoxy groups -OCH3 is 1. The molecule has 5 aromatic rings. The van der Waals surface area contributed by atoms with Crippen molar-refractivity contribution in [3.05, 3.63) is 166 Å². The fourth-order valence-corrected chi connectivity index (χ4v) is 9.18. The van der Waals surface area contributed by atoms with Crippen LogP contribution in [0.5, 0.6) is 5.75 Å². The molecule has 4 aromatic carbocycles. The highest BCUT2D eigenvalue weighted by atomic mass is 32.2. The van der Waals surface area contributed by atoms with Gasteiger partial charge in [-0.1, -0.05) is 96.2 Å². The number of carbonyl (C=O) groups excluding carboxylic acids is 3. The van der Waals surface area contributed by atoms with Crippen LogP contribution >= 0.6 is 23.1 Å². The molecule has 0 saturated carbocycles. The van der Waals surface area contributed by atoms with Gasteiger partial charge >= 0.3 is 5.97 Å². The summed E-state index contributed by atoms with van der Waals surface area (Å²) < 4.78 is 5.22. The van der Waals surface area contributed by atoms with Crippen molar-refractivity contribution < 1.29 is 33.9 Å². The van der Waals surface area contributed by atoms with E-state index in [9.17, 15) is 24.3 Å². The number of ether oxygens (including phenoxy) is 1. The van der Waals surface area contributed by atoms with E-state index in [2.05, 4.69) is 15.5 Å². The van der Waals surface area contributed by atoms with Crippen molar-refractivity contribution in [2.24, 2.45) is 5.16 Å². The summed E-state index contributed by atoms with van der Waals surface area (Å²) in [7, 11) is 1.56. The average molecular weight is 813 g/mol. The number of benzene rings is 4. The third kappa shape index (κ3) is 6.98. The number of nitrogens with zero attached hydrogens (tertiary/aromatic N) is 4. The molecule has 4 heterocycles. The van der Waals surface area contributed by atoms with Gasteiger partial charge in [0.2, 0.25) is 5.60 Å². The maximum Gasteiger partial charge on any atom is 0.352 e. The van der Waals surface area contributed by atoms with Gasteiger partial charge < -0.3 is 30.6 Å². The summed E-state index contributed by atoms with van der Waals surface area (Å²) in [5, 5.41) is 18.7. The minimum atomic E-state index is -1.32. The molecule has 3 aliphatic rings. The van der Waals surface area contributed by atoms with Gasteiger partial charge in [-0.25, -0.2) is 9.78 Å². The van der Waals surface area contributed by atoms with Crippen LogP contribution in [0.1, 0.15) is 28.8 Å². The highest BCUT2D eigenvalue weighted by Crippen LogP contribution is 2.43. The second-order valence-corrected chi connectivity index (χ2v) is 15.5. The molecule has 2 fully saturated rings. The summed E-state index contributed by atoms with van der Waals surface area (Å²) in [6, 6.07) is 34.5. The number of amides is 3. The number of carbonyl (C=O) groups is 4. The summed E-state index contributed by atoms with van der Waals surface area (Å²) in [4.78, 5) is 67.9. The molecule has 13 nitrogen and oxygen atoms in total. The van der Waals surface area contributed by atoms with Crippen molar-refractivity contribution in [1.82, 2.24) is 15.2 Å². The molecule has 8 rings (SSSR count). The summed E-state index contributed by atoms with van der Waals surface area (Å²) >= 11 is 2.39. The zero-order valence-corrected chi connectivity index (χ0v) is 32.6. The first-order valence-corrected chi connectivity index (χ1v) is 20.1. The molecule has 3 amide bonds. The number of allylic oxidation sites excluding steroid dienone is 1. The summed E-state index contributed by atoms with van der Waals surface area (Å²) in [6.45, 7) is 0.417. The molecule has 1 aromatic heterocycles. The number of fused-ring (bicyclic) bond motifs is 1. The number of hydrogen-bond acceptors (Lipinski definition) is 11. The molecule has 0 bridgehead atoms. The van der Waals surface area contributed by atoms with Gasteiger partial charge in [0, 0.05) is 45.6 Å². The summed E-state index contributed by atoms with van der Waals surface area (Å²) in [6.07, 6.45) is 1.97. The number of aliphatic carboxylic acids is 1. The molecule has 4 N–H and O–H groups in total. The van der Waals surface area contributed by atoms with E-state index in [-0.39, 0.29) is 33.9 Å². The largest absolute Gasteiger partial charge is 0.497 e. The topological polar surface area (TPSA) is 177 Å². The molecule has 2 atom stereocenters. The second-order valence-electron chi connectivity index (χ2n) is 13.5. The number of aromatic nitrogens is 1. The molecule has 0 radical (unpaired) electrons. The molecule has 0 aliphatic carbocycles. The Bertz CT molecular complexity index is 2380. The number of carboxylic acid groups (broad SMARTS) is 1. The van der Waals surface area contributed by atoms with E-state index in [0.717, 1.165) is 32.9 Å². The lowest BCUT2D eigenvalue weighted by Gasteiger charge is -2.49. The Morgan fingerprint density at radius 1 is 0.931 bits per heavy atom. The fraction of sp³-hybridized carbons (Fsp3) is 0.163. The van der Waals surface area contributed by atoms with E-state index in [1.165, 1.54) is 11.8 Å². The highest BCUT2D eigenvalue weighted by molar-refractivity contribution is 8.00. The lowest BCUT2D eigenvalue weighted by Crippen LogP contribution is -2.71. The maximum absolute atomic E-state index is 14.3. The minimum Gasteiger partial charge on any atom is -0.497 e. The second kappa shape index (κ2) is 16.0. The number of nitrogens with two attached hydrogens (primary N) is 1. The van der Waals surface area contributed by atoms with Gasteiger partial charge in [-0.3, -0.25) is 19.3 Å². The van der Waals surface area contributed by atoms with Crippen molar-refractivity contribution in [2.45, 2.75) is 23.4 Å². The van der Waals surface area contributed by atoms with Crippen LogP contribution in [0.2, 0.25) is 0 Å². The quantitative estimate of drug-likeness (QED) is 0.0476. The Labute approximate surface area is 341 Å². The van der Waals surface area contributed by atoms with Gasteiger partial charge in [0.25, 0.3) is 17.7 Å². The molecule has 292 valence electrons. The van der Waals surface area contributed by atoms with Gasteiger partial charge in [0.05, 0.1) is 7.11 Å². The van der Waals surface area contributed by atoms with Crippen LogP contribution < -0.4 is 20.7 Å². The van der Waals surface area contributed by atoms with Crippen LogP contribution in [0.15, 0.2) is 149 Å². The Kier molecular flexibility index (Phi) is 10.6. The number of oxime groups is 1. The maximum atomic E-state index is 14.3. The fourth-order valence-electron chi connectivity index (χ4n) is 7.32. The lowest BCUT2D eigenvalue weighted by molar-refractivity contribution is -0.150. The number of β-lactam (4-membered cyclic amide) rings is 1. The number of thiazole rings is 1. The number of rotatable bonds is 12. The van der Waals surface area contributed by atoms with Gasteiger partial charge in [0.1, 0.15) is 28.6 Å². The Hall–Kier alpha value is -6.71. The monoisotopic (exact) mass is 812 g/mol. The van der Waals surface area contributed by atoms with Gasteiger partial charge in [-0.2, -0.15) is 0 Å². The first kappa shape index (κ1) is 38.2. The van der Waals surface area contributed by atoms with Crippen molar-refractivity contribution in [3.63, 3.8) is 0 Å². The predicted octanol–water partition coefficient (Wildman–Crippen LogP) is 5.55. The smallest absolute Gasteiger partial charge is 0.352 e. The number of thioether (sulfide) groups is 1. The SMILES string of the molecule is COc1ccc(N2CCC(=CC3=C(C(=O)O)N4C(=O)C(NC(=O)C(=NOC(c5ccccc5)(c5ccccc5)c5ccccc5)c5csc(N)n5)C4SC3)C2=O)cc1. The Morgan fingerprint density at radius 3 is 2.07 bits per heavy atom. The third-order valence-electron chi connectivity index (χ3n) is 10.1. The van der Waals surface area contributed by atoms with Crippen LogP contribution in [0.25, 0.3) is 0 Å². The number of nitrogen functional groups attached to an aromatic ring is 1. The van der Waals surface area contributed by atoms with Crippen molar-refractivity contribution in [1.29, 1.82) is 0 Å².